The summed E-state index contributed by atoms with van der Waals surface area (Å²) in [5, 5.41) is 10.8. The van der Waals surface area contributed by atoms with Crippen LogP contribution in [0.3, 0.4) is 0 Å². The summed E-state index contributed by atoms with van der Waals surface area (Å²) < 4.78 is 4.99. The molecule has 3 N–H and O–H groups in total. The van der Waals surface area contributed by atoms with Crippen LogP contribution in [-0.2, 0) is 4.74 Å². The van der Waals surface area contributed by atoms with E-state index in [0.717, 1.165) is 42.3 Å². The van der Waals surface area contributed by atoms with Crippen molar-refractivity contribution >= 4 is 46.7 Å². The van der Waals surface area contributed by atoms with Crippen LogP contribution in [-0.4, -0.2) is 51.3 Å². The largest absolute Gasteiger partial charge is 0.383 e. The van der Waals surface area contributed by atoms with Gasteiger partial charge in [-0.3, -0.25) is 4.99 Å². The quantitative estimate of drug-likeness (QED) is 0.272. The zero-order chi connectivity index (χ0) is 15.6. The molecule has 0 fully saturated rings. The van der Waals surface area contributed by atoms with Crippen molar-refractivity contribution < 1.29 is 4.74 Å². The summed E-state index contributed by atoms with van der Waals surface area (Å²) in [5.74, 6) is 1.65. The molecule has 0 atom stereocenters. The Morgan fingerprint density at radius 3 is 2.65 bits per heavy atom. The standard InChI is InChI=1S/C16H23N5O.HI/c1-17-16(20-11-12-22-2)19-10-9-18-15-8-7-13-5-3-4-6-14(13)21-15;/h3-8H,9-12H2,1-2H3,(H,18,21)(H2,17,19,20);1H. The van der Waals surface area contributed by atoms with Gasteiger partial charge in [0, 0.05) is 39.2 Å². The Labute approximate surface area is 154 Å². The first-order chi connectivity index (χ1) is 10.8. The van der Waals surface area contributed by atoms with Crippen molar-refractivity contribution in [3.05, 3.63) is 36.4 Å². The van der Waals surface area contributed by atoms with E-state index in [1.165, 1.54) is 0 Å². The molecule has 6 nitrogen and oxygen atoms in total. The predicted molar refractivity (Wildman–Crippen MR) is 107 cm³/mol. The van der Waals surface area contributed by atoms with Gasteiger partial charge in [0.1, 0.15) is 5.82 Å². The molecule has 0 saturated carbocycles. The third-order valence-corrected chi connectivity index (χ3v) is 3.14. The molecule has 126 valence electrons. The highest BCUT2D eigenvalue weighted by atomic mass is 127. The van der Waals surface area contributed by atoms with E-state index in [4.69, 9.17) is 4.74 Å². The minimum absolute atomic E-state index is 0. The van der Waals surface area contributed by atoms with Gasteiger partial charge >= 0.3 is 0 Å². The van der Waals surface area contributed by atoms with Gasteiger partial charge in [0.2, 0.25) is 0 Å². The van der Waals surface area contributed by atoms with Gasteiger partial charge in [-0.25, -0.2) is 4.98 Å². The number of methoxy groups -OCH3 is 1. The van der Waals surface area contributed by atoms with Gasteiger partial charge < -0.3 is 20.7 Å². The van der Waals surface area contributed by atoms with E-state index in [-0.39, 0.29) is 24.0 Å². The molecule has 0 aliphatic carbocycles. The van der Waals surface area contributed by atoms with Crippen molar-refractivity contribution in [1.82, 2.24) is 15.6 Å². The Bertz CT molecular complexity index is 620. The molecule has 0 bridgehead atoms. The van der Waals surface area contributed by atoms with Gasteiger partial charge in [-0.05, 0) is 18.2 Å². The molecule has 0 aliphatic heterocycles. The molecule has 23 heavy (non-hydrogen) atoms. The SMILES string of the molecule is CN=C(NCCNc1ccc2ccccc2n1)NCCOC.I. The third-order valence-electron chi connectivity index (χ3n) is 3.14. The summed E-state index contributed by atoms with van der Waals surface area (Å²) in [6.07, 6.45) is 0. The maximum absolute atomic E-state index is 4.99. The minimum Gasteiger partial charge on any atom is -0.383 e. The van der Waals surface area contributed by atoms with E-state index in [1.54, 1.807) is 14.2 Å². The normalized spacial score (nSPS) is 11.0. The van der Waals surface area contributed by atoms with Crippen LogP contribution in [0.5, 0.6) is 0 Å². The minimum atomic E-state index is 0. The van der Waals surface area contributed by atoms with Gasteiger partial charge in [0.25, 0.3) is 0 Å². The molecule has 1 aromatic heterocycles. The van der Waals surface area contributed by atoms with E-state index in [0.29, 0.717) is 6.61 Å². The number of hydrogen-bond acceptors (Lipinski definition) is 4. The second kappa shape index (κ2) is 11.0. The number of halogens is 1. The zero-order valence-electron chi connectivity index (χ0n) is 13.5. The number of benzene rings is 1. The molecule has 0 radical (unpaired) electrons. The van der Waals surface area contributed by atoms with E-state index < -0.39 is 0 Å². The number of aromatic nitrogens is 1. The third kappa shape index (κ3) is 6.57. The summed E-state index contributed by atoms with van der Waals surface area (Å²) in [4.78, 5) is 8.71. The van der Waals surface area contributed by atoms with Crippen LogP contribution in [0.4, 0.5) is 5.82 Å². The van der Waals surface area contributed by atoms with E-state index in [9.17, 15) is 0 Å². The number of nitrogens with one attached hydrogen (secondary N) is 3. The van der Waals surface area contributed by atoms with Gasteiger partial charge in [0.05, 0.1) is 12.1 Å². The highest BCUT2D eigenvalue weighted by molar-refractivity contribution is 14.0. The first-order valence-corrected chi connectivity index (χ1v) is 7.36. The van der Waals surface area contributed by atoms with Gasteiger partial charge in [-0.2, -0.15) is 0 Å². The molecular weight excluding hydrogens is 405 g/mol. The maximum atomic E-state index is 4.99. The Hall–Kier alpha value is -1.61. The second-order valence-corrected chi connectivity index (χ2v) is 4.73. The van der Waals surface area contributed by atoms with Crippen LogP contribution in [0.25, 0.3) is 10.9 Å². The van der Waals surface area contributed by atoms with Crippen LogP contribution < -0.4 is 16.0 Å². The molecule has 0 aliphatic rings. The lowest BCUT2D eigenvalue weighted by Crippen LogP contribution is -2.40. The van der Waals surface area contributed by atoms with E-state index >= 15 is 0 Å². The average molecular weight is 429 g/mol. The average Bonchev–Trinajstić information content (AvgIpc) is 2.57. The molecular formula is C16H24IN5O. The number of rotatable bonds is 7. The van der Waals surface area contributed by atoms with Gasteiger partial charge in [0.15, 0.2) is 5.96 Å². The molecule has 0 unspecified atom stereocenters. The summed E-state index contributed by atoms with van der Waals surface area (Å²) >= 11 is 0. The van der Waals surface area contributed by atoms with Crippen LogP contribution in [0.1, 0.15) is 0 Å². The van der Waals surface area contributed by atoms with Gasteiger partial charge in [-0.15, -0.1) is 24.0 Å². The number of hydrogen-bond donors (Lipinski definition) is 3. The Morgan fingerprint density at radius 1 is 1.09 bits per heavy atom. The molecule has 2 aromatic rings. The monoisotopic (exact) mass is 429 g/mol. The van der Waals surface area contributed by atoms with E-state index in [2.05, 4.69) is 38.1 Å². The molecule has 0 amide bonds. The predicted octanol–water partition coefficient (Wildman–Crippen LogP) is 2.08. The first-order valence-electron chi connectivity index (χ1n) is 7.36. The molecule has 0 spiro atoms. The smallest absolute Gasteiger partial charge is 0.191 e. The van der Waals surface area contributed by atoms with Crippen LogP contribution in [0.15, 0.2) is 41.4 Å². The molecule has 1 heterocycles. The van der Waals surface area contributed by atoms with E-state index in [1.807, 2.05) is 24.3 Å². The van der Waals surface area contributed by atoms with Crippen molar-refractivity contribution in [1.29, 1.82) is 0 Å². The van der Waals surface area contributed by atoms with Crippen molar-refractivity contribution in [2.24, 2.45) is 4.99 Å². The fourth-order valence-corrected chi connectivity index (χ4v) is 2.03. The lowest BCUT2D eigenvalue weighted by atomic mass is 10.2. The van der Waals surface area contributed by atoms with Crippen molar-refractivity contribution in [3.63, 3.8) is 0 Å². The summed E-state index contributed by atoms with van der Waals surface area (Å²) in [6.45, 7) is 2.90. The number of pyridine rings is 1. The van der Waals surface area contributed by atoms with Crippen molar-refractivity contribution in [2.45, 2.75) is 0 Å². The highest BCUT2D eigenvalue weighted by Crippen LogP contribution is 2.13. The molecule has 2 rings (SSSR count). The van der Waals surface area contributed by atoms with Crippen LogP contribution in [0.2, 0.25) is 0 Å². The fraction of sp³-hybridized carbons (Fsp3) is 0.375. The topological polar surface area (TPSA) is 70.6 Å². The number of fused-ring (bicyclic) bond motifs is 1. The molecule has 1 aromatic carbocycles. The Balaban J connectivity index is 0.00000264. The van der Waals surface area contributed by atoms with Gasteiger partial charge in [-0.1, -0.05) is 18.2 Å². The Morgan fingerprint density at radius 2 is 1.87 bits per heavy atom. The van der Waals surface area contributed by atoms with Crippen LogP contribution >= 0.6 is 24.0 Å². The molecule has 0 saturated heterocycles. The number of ether oxygens (including phenoxy) is 1. The van der Waals surface area contributed by atoms with Crippen molar-refractivity contribution in [3.8, 4) is 0 Å². The van der Waals surface area contributed by atoms with Crippen LogP contribution in [0, 0.1) is 0 Å². The number of para-hydroxylation sites is 1. The summed E-state index contributed by atoms with van der Waals surface area (Å²) in [5.41, 5.74) is 0.998. The highest BCUT2D eigenvalue weighted by Gasteiger charge is 1.98. The molecule has 7 heteroatoms. The second-order valence-electron chi connectivity index (χ2n) is 4.73. The lowest BCUT2D eigenvalue weighted by Gasteiger charge is -2.12. The first kappa shape index (κ1) is 19.4. The maximum Gasteiger partial charge on any atom is 0.191 e. The Kier molecular flexibility index (Phi) is 9.30. The number of nitrogens with zero attached hydrogens (tertiary/aromatic N) is 2. The lowest BCUT2D eigenvalue weighted by molar-refractivity contribution is 0.203. The summed E-state index contributed by atoms with van der Waals surface area (Å²) in [7, 11) is 3.43. The number of guanidine groups is 1. The number of anilines is 1. The zero-order valence-corrected chi connectivity index (χ0v) is 15.8. The fourth-order valence-electron chi connectivity index (χ4n) is 2.03. The summed E-state index contributed by atoms with van der Waals surface area (Å²) in [6, 6.07) is 12.2. The van der Waals surface area contributed by atoms with Crippen molar-refractivity contribution in [2.75, 3.05) is 45.7 Å². The number of aliphatic imine (C=N–C) groups is 1.